The van der Waals surface area contributed by atoms with Gasteiger partial charge in [-0.3, -0.25) is 9.59 Å². The number of allylic oxidation sites excluding steroid dienone is 2. The summed E-state index contributed by atoms with van der Waals surface area (Å²) in [7, 11) is 0. The number of imide groups is 1. The highest BCUT2D eigenvalue weighted by Crippen LogP contribution is 2.52. The Kier molecular flexibility index (Phi) is 9.48. The maximum absolute atomic E-state index is 11.8. The number of nitrogens with zero attached hydrogens (tertiary/aromatic N) is 1. The van der Waals surface area contributed by atoms with Crippen LogP contribution in [-0.2, 0) is 33.4 Å². The Morgan fingerprint density at radius 1 is 0.938 bits per heavy atom. The average Bonchev–Trinajstić information content (AvgIpc) is 3.30. The first kappa shape index (κ1) is 24.2. The number of hydroxylamine groups is 2. The van der Waals surface area contributed by atoms with Gasteiger partial charge in [-0.2, -0.15) is 0 Å². The van der Waals surface area contributed by atoms with E-state index >= 15 is 0 Å². The molecule has 178 valence electrons. The summed E-state index contributed by atoms with van der Waals surface area (Å²) in [6, 6.07) is 0. The van der Waals surface area contributed by atoms with Crippen LogP contribution in [0.3, 0.4) is 0 Å². The summed E-state index contributed by atoms with van der Waals surface area (Å²) < 4.78 is 16.0. The zero-order valence-electron chi connectivity index (χ0n) is 18.3. The van der Waals surface area contributed by atoms with E-state index in [0.29, 0.717) is 49.2 Å². The number of fused-ring (bicyclic) bond motifs is 1. The van der Waals surface area contributed by atoms with Gasteiger partial charge < -0.3 is 24.4 Å². The van der Waals surface area contributed by atoms with Crippen molar-refractivity contribution in [1.29, 1.82) is 0 Å². The minimum Gasteiger partial charge on any atom is -0.449 e. The first-order chi connectivity index (χ1) is 15.6. The Hall–Kier alpha value is -2.46. The van der Waals surface area contributed by atoms with Crippen LogP contribution in [-0.4, -0.2) is 68.5 Å². The lowest BCUT2D eigenvalue weighted by molar-refractivity contribution is -0.198. The van der Waals surface area contributed by atoms with Crippen LogP contribution in [0, 0.1) is 17.8 Å². The van der Waals surface area contributed by atoms with Gasteiger partial charge in [0, 0.05) is 19.4 Å². The molecule has 1 saturated heterocycles. The van der Waals surface area contributed by atoms with Crippen molar-refractivity contribution in [3.8, 4) is 0 Å². The molecule has 0 aromatic rings. The molecule has 32 heavy (non-hydrogen) atoms. The third-order valence-electron chi connectivity index (χ3n) is 5.95. The van der Waals surface area contributed by atoms with Gasteiger partial charge in [0.1, 0.15) is 0 Å². The maximum atomic E-state index is 11.8. The lowest BCUT2D eigenvalue weighted by Gasteiger charge is -2.12. The van der Waals surface area contributed by atoms with Crippen LogP contribution in [0.5, 0.6) is 0 Å². The molecule has 0 bridgehead atoms. The van der Waals surface area contributed by atoms with Gasteiger partial charge in [0.05, 0.1) is 39.5 Å². The van der Waals surface area contributed by atoms with Gasteiger partial charge in [0.2, 0.25) is 0 Å². The topological polar surface area (TPSA) is 120 Å². The average molecular weight is 453 g/mol. The van der Waals surface area contributed by atoms with Crippen LogP contribution < -0.4 is 5.32 Å². The van der Waals surface area contributed by atoms with E-state index in [1.807, 2.05) is 0 Å². The minimum atomic E-state index is -0.703. The van der Waals surface area contributed by atoms with E-state index in [9.17, 15) is 19.2 Å². The van der Waals surface area contributed by atoms with Crippen LogP contribution in [0.1, 0.15) is 44.9 Å². The first-order valence-electron chi connectivity index (χ1n) is 11.3. The number of amides is 3. The van der Waals surface area contributed by atoms with E-state index in [-0.39, 0.29) is 32.5 Å². The largest absolute Gasteiger partial charge is 0.449 e. The maximum Gasteiger partial charge on any atom is 0.407 e. The Morgan fingerprint density at radius 3 is 2.22 bits per heavy atom. The van der Waals surface area contributed by atoms with Crippen LogP contribution >= 0.6 is 0 Å². The van der Waals surface area contributed by atoms with Crippen molar-refractivity contribution in [3.05, 3.63) is 12.2 Å². The highest BCUT2D eigenvalue weighted by Gasteiger charge is 2.49. The second kappa shape index (κ2) is 12.5. The molecular weight excluding hydrogens is 420 g/mol. The first-order valence-corrected chi connectivity index (χ1v) is 11.3. The van der Waals surface area contributed by atoms with Crippen molar-refractivity contribution in [2.45, 2.75) is 44.9 Å². The predicted octanol–water partition coefficient (Wildman–Crippen LogP) is 1.74. The summed E-state index contributed by atoms with van der Waals surface area (Å²) in [6.07, 6.45) is 8.74. The fourth-order valence-electron chi connectivity index (χ4n) is 4.17. The summed E-state index contributed by atoms with van der Waals surface area (Å²) in [5, 5.41) is 3.19. The van der Waals surface area contributed by atoms with Crippen LogP contribution in [0.4, 0.5) is 4.79 Å². The lowest BCUT2D eigenvalue weighted by atomic mass is 10.1. The van der Waals surface area contributed by atoms with Gasteiger partial charge in [-0.1, -0.05) is 12.2 Å². The molecule has 1 unspecified atom stereocenters. The van der Waals surface area contributed by atoms with Crippen molar-refractivity contribution < 1.29 is 38.2 Å². The lowest BCUT2D eigenvalue weighted by Crippen LogP contribution is -2.32. The van der Waals surface area contributed by atoms with Crippen molar-refractivity contribution in [1.82, 2.24) is 10.4 Å². The normalized spacial score (nSPS) is 25.5. The van der Waals surface area contributed by atoms with Crippen LogP contribution in [0.25, 0.3) is 0 Å². The molecule has 3 atom stereocenters. The van der Waals surface area contributed by atoms with Crippen molar-refractivity contribution >= 4 is 23.9 Å². The van der Waals surface area contributed by atoms with E-state index < -0.39 is 23.9 Å². The van der Waals surface area contributed by atoms with Gasteiger partial charge in [-0.25, -0.2) is 9.59 Å². The number of carbonyl (C=O) groups is 4. The molecule has 10 nitrogen and oxygen atoms in total. The fraction of sp³-hybridized carbons (Fsp3) is 0.727. The monoisotopic (exact) mass is 452 g/mol. The quantitative estimate of drug-likeness (QED) is 0.270. The number of hydrogen-bond donors (Lipinski definition) is 1. The van der Waals surface area contributed by atoms with Crippen molar-refractivity contribution in [2.24, 2.45) is 17.8 Å². The summed E-state index contributed by atoms with van der Waals surface area (Å²) in [6.45, 7) is 1.79. The zero-order valence-corrected chi connectivity index (χ0v) is 18.3. The number of hydrogen-bond acceptors (Lipinski definition) is 8. The highest BCUT2D eigenvalue weighted by atomic mass is 16.7. The van der Waals surface area contributed by atoms with E-state index in [0.717, 1.165) is 12.8 Å². The smallest absolute Gasteiger partial charge is 0.407 e. The predicted molar refractivity (Wildman–Crippen MR) is 111 cm³/mol. The number of ether oxygens (including phenoxy) is 3. The molecule has 0 aromatic heterocycles. The van der Waals surface area contributed by atoms with E-state index in [4.69, 9.17) is 19.0 Å². The molecule has 1 heterocycles. The molecule has 0 spiro atoms. The Labute approximate surface area is 187 Å². The third kappa shape index (κ3) is 7.59. The van der Waals surface area contributed by atoms with Crippen LogP contribution in [0.15, 0.2) is 12.2 Å². The second-order valence-electron chi connectivity index (χ2n) is 8.16. The third-order valence-corrected chi connectivity index (χ3v) is 5.95. The van der Waals surface area contributed by atoms with Crippen molar-refractivity contribution in [2.75, 3.05) is 39.6 Å². The molecular formula is C22H32N2O8. The van der Waals surface area contributed by atoms with E-state index in [2.05, 4.69) is 17.5 Å². The number of carbonyl (C=O) groups excluding carboxylic acids is 4. The van der Waals surface area contributed by atoms with Gasteiger partial charge in [-0.15, -0.1) is 5.06 Å². The van der Waals surface area contributed by atoms with Gasteiger partial charge in [0.15, 0.2) is 0 Å². The van der Waals surface area contributed by atoms with E-state index in [1.165, 1.54) is 12.8 Å². The Balaban J connectivity index is 1.11. The molecule has 10 heteroatoms. The summed E-state index contributed by atoms with van der Waals surface area (Å²) in [5.41, 5.74) is 0. The Bertz CT molecular complexity index is 678. The van der Waals surface area contributed by atoms with Crippen LogP contribution in [0.2, 0.25) is 0 Å². The molecule has 3 rings (SSSR count). The Morgan fingerprint density at radius 2 is 1.56 bits per heavy atom. The summed E-state index contributed by atoms with van der Waals surface area (Å²) in [5.74, 6) is 0.174. The molecule has 1 aliphatic heterocycles. The van der Waals surface area contributed by atoms with Gasteiger partial charge in [-0.05, 0) is 43.4 Å². The molecule has 2 fully saturated rings. The second-order valence-corrected chi connectivity index (χ2v) is 8.16. The molecule has 3 aliphatic rings. The molecule has 0 radical (unpaired) electrons. The minimum absolute atomic E-state index is 0.0614. The molecule has 0 aromatic carbocycles. The standard InChI is InChI=1S/C22H32N2O8/c25-19-7-8-20(26)24(19)32-21(27)9-11-29-13-14-30-12-10-23-22(28)31-15-18-16-5-3-1-2-4-6-17(16)18/h1-2,16-18H,3-15H2,(H,23,28)/b2-1-/t16-,17+,18?. The summed E-state index contributed by atoms with van der Waals surface area (Å²) in [4.78, 5) is 50.8. The van der Waals surface area contributed by atoms with Gasteiger partial charge >= 0.3 is 12.1 Å². The molecule has 3 amide bonds. The molecule has 1 saturated carbocycles. The SMILES string of the molecule is O=C(CCOCCOCCNC(=O)OCC1[C@H]2CC/C=C\CC[C@@H]12)ON1C(=O)CCC1=O. The zero-order chi connectivity index (χ0) is 22.8. The van der Waals surface area contributed by atoms with Crippen molar-refractivity contribution in [3.63, 3.8) is 0 Å². The number of alkyl carbamates (subject to hydrolysis) is 1. The fourth-order valence-corrected chi connectivity index (χ4v) is 4.17. The number of nitrogens with one attached hydrogen (secondary N) is 1. The highest BCUT2D eigenvalue weighted by molar-refractivity contribution is 6.01. The molecule has 2 aliphatic carbocycles. The summed E-state index contributed by atoms with van der Waals surface area (Å²) >= 11 is 0. The van der Waals surface area contributed by atoms with E-state index in [1.54, 1.807) is 0 Å². The van der Waals surface area contributed by atoms with Gasteiger partial charge in [0.25, 0.3) is 11.8 Å². The molecule has 1 N–H and O–H groups in total. The number of rotatable bonds is 12.